The maximum Gasteiger partial charge on any atom is 0.338 e. The van der Waals surface area contributed by atoms with E-state index in [-0.39, 0.29) is 12.6 Å². The monoisotopic (exact) mass is 236 g/mol. The van der Waals surface area contributed by atoms with Gasteiger partial charge < -0.3 is 9.84 Å². The SMILES string of the molecule is CCCC[C@@H](O)COC(=O)c1ccccc1C. The van der Waals surface area contributed by atoms with Crippen molar-refractivity contribution < 1.29 is 14.6 Å². The molecule has 0 saturated carbocycles. The summed E-state index contributed by atoms with van der Waals surface area (Å²) in [4.78, 5) is 11.7. The second-order valence-electron chi connectivity index (χ2n) is 4.21. The molecule has 1 aromatic carbocycles. The molecule has 0 amide bonds. The van der Waals surface area contributed by atoms with E-state index in [1.54, 1.807) is 12.1 Å². The molecular formula is C14H20O3. The Balaban J connectivity index is 2.42. The van der Waals surface area contributed by atoms with E-state index in [2.05, 4.69) is 6.92 Å². The van der Waals surface area contributed by atoms with Crippen molar-refractivity contribution in [3.8, 4) is 0 Å². The van der Waals surface area contributed by atoms with Gasteiger partial charge >= 0.3 is 5.97 Å². The van der Waals surface area contributed by atoms with Crippen molar-refractivity contribution in [2.24, 2.45) is 0 Å². The van der Waals surface area contributed by atoms with Crippen LogP contribution < -0.4 is 0 Å². The molecule has 0 bridgehead atoms. The molecule has 0 aliphatic heterocycles. The number of rotatable bonds is 6. The number of aliphatic hydroxyl groups excluding tert-OH is 1. The third kappa shape index (κ3) is 4.57. The molecule has 3 heteroatoms. The van der Waals surface area contributed by atoms with E-state index in [1.807, 2.05) is 19.1 Å². The van der Waals surface area contributed by atoms with Crippen molar-refractivity contribution in [3.05, 3.63) is 35.4 Å². The summed E-state index contributed by atoms with van der Waals surface area (Å²) in [6, 6.07) is 7.28. The van der Waals surface area contributed by atoms with Crippen molar-refractivity contribution in [2.75, 3.05) is 6.61 Å². The Morgan fingerprint density at radius 2 is 2.12 bits per heavy atom. The first kappa shape index (κ1) is 13.7. The lowest BCUT2D eigenvalue weighted by molar-refractivity contribution is 0.0233. The second-order valence-corrected chi connectivity index (χ2v) is 4.21. The molecule has 0 aromatic heterocycles. The Morgan fingerprint density at radius 3 is 2.76 bits per heavy atom. The molecule has 94 valence electrons. The first-order chi connectivity index (χ1) is 8.15. The molecule has 17 heavy (non-hydrogen) atoms. The zero-order valence-electron chi connectivity index (χ0n) is 10.5. The molecule has 0 unspecified atom stereocenters. The van der Waals surface area contributed by atoms with Crippen molar-refractivity contribution in [3.63, 3.8) is 0 Å². The molecule has 1 aromatic rings. The molecule has 1 rings (SSSR count). The maximum atomic E-state index is 11.7. The molecule has 0 aliphatic carbocycles. The van der Waals surface area contributed by atoms with Crippen LogP contribution in [-0.2, 0) is 4.74 Å². The van der Waals surface area contributed by atoms with Crippen LogP contribution in [-0.4, -0.2) is 23.8 Å². The van der Waals surface area contributed by atoms with Gasteiger partial charge in [0.05, 0.1) is 11.7 Å². The van der Waals surface area contributed by atoms with Gasteiger partial charge in [-0.2, -0.15) is 0 Å². The summed E-state index contributed by atoms with van der Waals surface area (Å²) < 4.78 is 5.08. The maximum absolute atomic E-state index is 11.7. The van der Waals surface area contributed by atoms with Gasteiger partial charge in [-0.15, -0.1) is 0 Å². The minimum absolute atomic E-state index is 0.0766. The van der Waals surface area contributed by atoms with E-state index in [4.69, 9.17) is 4.74 Å². The molecule has 0 saturated heterocycles. The molecule has 0 fully saturated rings. The number of carbonyl (C=O) groups is 1. The van der Waals surface area contributed by atoms with Crippen LogP contribution in [0.4, 0.5) is 0 Å². The van der Waals surface area contributed by atoms with E-state index < -0.39 is 6.10 Å². The average molecular weight is 236 g/mol. The number of carbonyl (C=O) groups excluding carboxylic acids is 1. The number of hydrogen-bond acceptors (Lipinski definition) is 3. The first-order valence-electron chi connectivity index (χ1n) is 6.06. The summed E-state index contributed by atoms with van der Waals surface area (Å²) in [6.07, 6.45) is 2.10. The number of aliphatic hydroxyl groups is 1. The van der Waals surface area contributed by atoms with E-state index in [0.717, 1.165) is 18.4 Å². The van der Waals surface area contributed by atoms with Gasteiger partial charge in [0.15, 0.2) is 0 Å². The van der Waals surface area contributed by atoms with Crippen molar-refractivity contribution >= 4 is 5.97 Å². The van der Waals surface area contributed by atoms with E-state index >= 15 is 0 Å². The van der Waals surface area contributed by atoms with Crippen LogP contribution in [0.25, 0.3) is 0 Å². The second kappa shape index (κ2) is 7.07. The van der Waals surface area contributed by atoms with E-state index in [1.165, 1.54) is 0 Å². The Labute approximate surface area is 102 Å². The summed E-state index contributed by atoms with van der Waals surface area (Å²) in [5.74, 6) is -0.362. The largest absolute Gasteiger partial charge is 0.459 e. The molecule has 1 N–H and O–H groups in total. The first-order valence-corrected chi connectivity index (χ1v) is 6.06. The number of hydrogen-bond donors (Lipinski definition) is 1. The Kier molecular flexibility index (Phi) is 5.70. The van der Waals surface area contributed by atoms with Gasteiger partial charge in [0.2, 0.25) is 0 Å². The highest BCUT2D eigenvalue weighted by atomic mass is 16.5. The number of esters is 1. The van der Waals surface area contributed by atoms with Crippen LogP contribution in [0, 0.1) is 6.92 Å². The van der Waals surface area contributed by atoms with Crippen LogP contribution in [0.3, 0.4) is 0 Å². The van der Waals surface area contributed by atoms with Crippen LogP contribution in [0.15, 0.2) is 24.3 Å². The quantitative estimate of drug-likeness (QED) is 0.772. The molecule has 0 spiro atoms. The van der Waals surface area contributed by atoms with Gasteiger partial charge in [0, 0.05) is 0 Å². The lowest BCUT2D eigenvalue weighted by atomic mass is 10.1. The normalized spacial score (nSPS) is 12.2. The van der Waals surface area contributed by atoms with Crippen LogP contribution in [0.1, 0.15) is 42.1 Å². The summed E-state index contributed by atoms with van der Waals surface area (Å²) in [5.41, 5.74) is 1.45. The lowest BCUT2D eigenvalue weighted by Gasteiger charge is -2.11. The number of unbranched alkanes of at least 4 members (excludes halogenated alkanes) is 1. The molecule has 0 heterocycles. The average Bonchev–Trinajstić information content (AvgIpc) is 2.34. The lowest BCUT2D eigenvalue weighted by Crippen LogP contribution is -2.19. The van der Waals surface area contributed by atoms with Crippen LogP contribution >= 0.6 is 0 Å². The highest BCUT2D eigenvalue weighted by molar-refractivity contribution is 5.90. The summed E-state index contributed by atoms with van der Waals surface area (Å²) in [5, 5.41) is 9.57. The highest BCUT2D eigenvalue weighted by Crippen LogP contribution is 2.09. The predicted octanol–water partition coefficient (Wildman–Crippen LogP) is 2.70. The van der Waals surface area contributed by atoms with Crippen LogP contribution in [0.2, 0.25) is 0 Å². The van der Waals surface area contributed by atoms with Gasteiger partial charge in [-0.3, -0.25) is 0 Å². The Bertz CT molecular complexity index is 360. The molecule has 0 aliphatic rings. The Morgan fingerprint density at radius 1 is 1.41 bits per heavy atom. The smallest absolute Gasteiger partial charge is 0.338 e. The van der Waals surface area contributed by atoms with Gasteiger partial charge in [0.1, 0.15) is 6.61 Å². The minimum atomic E-state index is -0.553. The fourth-order valence-electron chi connectivity index (χ4n) is 1.57. The molecule has 0 radical (unpaired) electrons. The zero-order valence-corrected chi connectivity index (χ0v) is 10.5. The molecule has 3 nitrogen and oxygen atoms in total. The molecular weight excluding hydrogens is 216 g/mol. The van der Waals surface area contributed by atoms with E-state index in [9.17, 15) is 9.90 Å². The summed E-state index contributed by atoms with van der Waals surface area (Å²) in [6.45, 7) is 4.00. The number of benzene rings is 1. The van der Waals surface area contributed by atoms with Crippen molar-refractivity contribution in [2.45, 2.75) is 39.2 Å². The molecule has 1 atom stereocenters. The predicted molar refractivity (Wildman–Crippen MR) is 67.0 cm³/mol. The fraction of sp³-hybridized carbons (Fsp3) is 0.500. The number of ether oxygens (including phenoxy) is 1. The standard InChI is InChI=1S/C14H20O3/c1-3-4-8-12(15)10-17-14(16)13-9-6-5-7-11(13)2/h5-7,9,12,15H,3-4,8,10H2,1-2H3/t12-/m1/s1. The third-order valence-corrected chi connectivity index (χ3v) is 2.66. The van der Waals surface area contributed by atoms with Crippen molar-refractivity contribution in [1.29, 1.82) is 0 Å². The summed E-state index contributed by atoms with van der Waals surface area (Å²) in [7, 11) is 0. The van der Waals surface area contributed by atoms with Gasteiger partial charge in [-0.1, -0.05) is 38.0 Å². The minimum Gasteiger partial charge on any atom is -0.459 e. The summed E-state index contributed by atoms with van der Waals surface area (Å²) >= 11 is 0. The third-order valence-electron chi connectivity index (χ3n) is 2.66. The van der Waals surface area contributed by atoms with Gasteiger partial charge in [0.25, 0.3) is 0 Å². The fourth-order valence-corrected chi connectivity index (χ4v) is 1.57. The highest BCUT2D eigenvalue weighted by Gasteiger charge is 2.12. The van der Waals surface area contributed by atoms with E-state index in [0.29, 0.717) is 12.0 Å². The number of aryl methyl sites for hydroxylation is 1. The Hall–Kier alpha value is -1.35. The van der Waals surface area contributed by atoms with Gasteiger partial charge in [-0.25, -0.2) is 4.79 Å². The zero-order chi connectivity index (χ0) is 12.7. The van der Waals surface area contributed by atoms with Crippen molar-refractivity contribution in [1.82, 2.24) is 0 Å². The van der Waals surface area contributed by atoms with Crippen LogP contribution in [0.5, 0.6) is 0 Å². The van der Waals surface area contributed by atoms with Gasteiger partial charge in [-0.05, 0) is 25.0 Å². The topological polar surface area (TPSA) is 46.5 Å².